The standard InChI is InChI=1S/C12H12N2O4S/c13-9-1-7(3-14-10(15)5-19-12(14)16)11-8(2-9)4-17-6-18-11/h1-2H,3-6,13H2. The second kappa shape index (κ2) is 4.75. The van der Waals surface area contributed by atoms with E-state index in [1.807, 2.05) is 0 Å². The number of benzene rings is 1. The Labute approximate surface area is 113 Å². The maximum Gasteiger partial charge on any atom is 0.289 e. The van der Waals surface area contributed by atoms with E-state index < -0.39 is 0 Å². The van der Waals surface area contributed by atoms with Crippen molar-refractivity contribution >= 4 is 28.6 Å². The molecule has 100 valence electrons. The largest absolute Gasteiger partial charge is 0.467 e. The van der Waals surface area contributed by atoms with Gasteiger partial charge in [-0.15, -0.1) is 0 Å². The first-order chi connectivity index (χ1) is 9.15. The van der Waals surface area contributed by atoms with Crippen LogP contribution in [0.1, 0.15) is 11.1 Å². The minimum Gasteiger partial charge on any atom is -0.467 e. The van der Waals surface area contributed by atoms with Crippen LogP contribution in [0.2, 0.25) is 0 Å². The Hall–Kier alpha value is -1.73. The number of carbonyl (C=O) groups excluding carboxylic acids is 2. The Kier molecular flexibility index (Phi) is 3.08. The molecule has 0 unspecified atom stereocenters. The molecule has 2 aliphatic heterocycles. The quantitative estimate of drug-likeness (QED) is 0.823. The van der Waals surface area contributed by atoms with Crippen LogP contribution in [-0.4, -0.2) is 28.6 Å². The van der Waals surface area contributed by atoms with Crippen LogP contribution in [0.15, 0.2) is 12.1 Å². The molecule has 1 aromatic rings. The lowest BCUT2D eigenvalue weighted by Crippen LogP contribution is -2.28. The molecule has 0 atom stereocenters. The van der Waals surface area contributed by atoms with Crippen molar-refractivity contribution in [2.45, 2.75) is 13.2 Å². The molecule has 0 aromatic heterocycles. The molecule has 0 radical (unpaired) electrons. The molecule has 0 saturated carbocycles. The summed E-state index contributed by atoms with van der Waals surface area (Å²) in [6.07, 6.45) is 0. The number of rotatable bonds is 2. The van der Waals surface area contributed by atoms with Crippen LogP contribution in [0.4, 0.5) is 10.5 Å². The highest BCUT2D eigenvalue weighted by molar-refractivity contribution is 8.14. The van der Waals surface area contributed by atoms with Crippen molar-refractivity contribution in [1.29, 1.82) is 0 Å². The zero-order valence-corrected chi connectivity index (χ0v) is 10.9. The number of anilines is 1. The summed E-state index contributed by atoms with van der Waals surface area (Å²) in [5.41, 5.74) is 7.97. The van der Waals surface area contributed by atoms with Gasteiger partial charge in [-0.3, -0.25) is 14.5 Å². The lowest BCUT2D eigenvalue weighted by Gasteiger charge is -2.23. The first-order valence-electron chi connectivity index (χ1n) is 5.74. The normalized spacial score (nSPS) is 18.4. The first kappa shape index (κ1) is 12.3. The van der Waals surface area contributed by atoms with Crippen molar-refractivity contribution < 1.29 is 19.1 Å². The Morgan fingerprint density at radius 3 is 2.95 bits per heavy atom. The molecule has 0 bridgehead atoms. The molecule has 3 rings (SSSR count). The smallest absolute Gasteiger partial charge is 0.289 e. The van der Waals surface area contributed by atoms with Crippen LogP contribution >= 0.6 is 11.8 Å². The maximum atomic E-state index is 11.6. The van der Waals surface area contributed by atoms with Gasteiger partial charge in [-0.25, -0.2) is 0 Å². The van der Waals surface area contributed by atoms with E-state index in [1.54, 1.807) is 12.1 Å². The maximum absolute atomic E-state index is 11.6. The summed E-state index contributed by atoms with van der Waals surface area (Å²) >= 11 is 1.02. The van der Waals surface area contributed by atoms with E-state index in [2.05, 4.69) is 0 Å². The number of nitrogens with zero attached hydrogens (tertiary/aromatic N) is 1. The number of thioether (sulfide) groups is 1. The van der Waals surface area contributed by atoms with E-state index in [0.29, 0.717) is 18.0 Å². The molecule has 2 heterocycles. The summed E-state index contributed by atoms with van der Waals surface area (Å²) < 4.78 is 10.6. The minimum atomic E-state index is -0.228. The van der Waals surface area contributed by atoms with Gasteiger partial charge in [-0.1, -0.05) is 11.8 Å². The Bertz CT molecular complexity index is 545. The highest BCUT2D eigenvalue weighted by Gasteiger charge is 2.31. The van der Waals surface area contributed by atoms with Gasteiger partial charge in [0.15, 0.2) is 6.79 Å². The van der Waals surface area contributed by atoms with Crippen LogP contribution in [-0.2, 0) is 22.7 Å². The van der Waals surface area contributed by atoms with Gasteiger partial charge >= 0.3 is 0 Å². The molecule has 1 saturated heterocycles. The van der Waals surface area contributed by atoms with Crippen molar-refractivity contribution in [2.24, 2.45) is 0 Å². The van der Waals surface area contributed by atoms with Gasteiger partial charge in [-0.2, -0.15) is 0 Å². The lowest BCUT2D eigenvalue weighted by atomic mass is 10.1. The minimum absolute atomic E-state index is 0.167. The number of carbonyl (C=O) groups is 2. The molecule has 2 N–H and O–H groups in total. The number of hydrogen-bond acceptors (Lipinski definition) is 6. The first-order valence-corrected chi connectivity index (χ1v) is 6.72. The van der Waals surface area contributed by atoms with Crippen LogP contribution in [0, 0.1) is 0 Å². The second-order valence-electron chi connectivity index (χ2n) is 4.31. The molecule has 1 aromatic carbocycles. The predicted octanol–water partition coefficient (Wildman–Crippen LogP) is 1.33. The van der Waals surface area contributed by atoms with Gasteiger partial charge in [-0.05, 0) is 12.1 Å². The third-order valence-electron chi connectivity index (χ3n) is 2.98. The fourth-order valence-corrected chi connectivity index (χ4v) is 2.87. The summed E-state index contributed by atoms with van der Waals surface area (Å²) in [6.45, 7) is 0.780. The Morgan fingerprint density at radius 1 is 1.37 bits per heavy atom. The van der Waals surface area contributed by atoms with Crippen molar-refractivity contribution in [3.8, 4) is 5.75 Å². The molecule has 2 amide bonds. The average molecular weight is 280 g/mol. The fourth-order valence-electron chi connectivity index (χ4n) is 2.15. The predicted molar refractivity (Wildman–Crippen MR) is 69.5 cm³/mol. The van der Waals surface area contributed by atoms with Gasteiger partial charge in [0.1, 0.15) is 5.75 Å². The average Bonchev–Trinajstić information content (AvgIpc) is 2.70. The molecular formula is C12H12N2O4S. The summed E-state index contributed by atoms with van der Waals surface area (Å²) in [5.74, 6) is 0.684. The van der Waals surface area contributed by atoms with Gasteiger partial charge in [0.25, 0.3) is 5.24 Å². The van der Waals surface area contributed by atoms with Crippen LogP contribution in [0.5, 0.6) is 5.75 Å². The molecule has 0 spiro atoms. The fraction of sp³-hybridized carbons (Fsp3) is 0.333. The summed E-state index contributed by atoms with van der Waals surface area (Å²) in [4.78, 5) is 24.5. The number of ether oxygens (including phenoxy) is 2. The molecule has 2 aliphatic rings. The number of imide groups is 1. The molecule has 6 nitrogen and oxygen atoms in total. The van der Waals surface area contributed by atoms with E-state index in [-0.39, 0.29) is 30.2 Å². The van der Waals surface area contributed by atoms with Gasteiger partial charge in [0, 0.05) is 16.8 Å². The van der Waals surface area contributed by atoms with Crippen molar-refractivity contribution in [3.63, 3.8) is 0 Å². The molecule has 7 heteroatoms. The zero-order valence-electron chi connectivity index (χ0n) is 10.0. The third kappa shape index (κ3) is 2.26. The van der Waals surface area contributed by atoms with Gasteiger partial charge in [0.2, 0.25) is 5.91 Å². The highest BCUT2D eigenvalue weighted by Crippen LogP contribution is 2.33. The number of nitrogen functional groups attached to an aromatic ring is 1. The van der Waals surface area contributed by atoms with Gasteiger partial charge < -0.3 is 15.2 Å². The Balaban J connectivity index is 1.94. The highest BCUT2D eigenvalue weighted by atomic mass is 32.2. The van der Waals surface area contributed by atoms with E-state index >= 15 is 0 Å². The number of nitrogens with two attached hydrogens (primary N) is 1. The van der Waals surface area contributed by atoms with Crippen LogP contribution in [0.3, 0.4) is 0 Å². The SMILES string of the molecule is Nc1cc2c(c(CN3C(=O)CSC3=O)c1)OCOC2. The Morgan fingerprint density at radius 2 is 2.21 bits per heavy atom. The molecular weight excluding hydrogens is 268 g/mol. The monoisotopic (exact) mass is 280 g/mol. The summed E-state index contributed by atoms with van der Waals surface area (Å²) in [7, 11) is 0. The molecule has 1 fully saturated rings. The van der Waals surface area contributed by atoms with Crippen molar-refractivity contribution in [3.05, 3.63) is 23.3 Å². The van der Waals surface area contributed by atoms with Crippen LogP contribution in [0.25, 0.3) is 0 Å². The number of fused-ring (bicyclic) bond motifs is 1. The van der Waals surface area contributed by atoms with Gasteiger partial charge in [0.05, 0.1) is 18.9 Å². The second-order valence-corrected chi connectivity index (χ2v) is 5.24. The summed E-state index contributed by atoms with van der Waals surface area (Å²) in [6, 6.07) is 3.51. The van der Waals surface area contributed by atoms with E-state index in [0.717, 1.165) is 22.9 Å². The zero-order chi connectivity index (χ0) is 13.4. The van der Waals surface area contributed by atoms with Crippen LogP contribution < -0.4 is 10.5 Å². The third-order valence-corrected chi connectivity index (χ3v) is 3.84. The summed E-state index contributed by atoms with van der Waals surface area (Å²) in [5, 5.41) is -0.228. The lowest BCUT2D eigenvalue weighted by molar-refractivity contribution is -0.125. The number of amides is 2. The van der Waals surface area contributed by atoms with E-state index in [4.69, 9.17) is 15.2 Å². The number of hydrogen-bond donors (Lipinski definition) is 1. The van der Waals surface area contributed by atoms with Crippen molar-refractivity contribution in [2.75, 3.05) is 18.3 Å². The van der Waals surface area contributed by atoms with Crippen molar-refractivity contribution in [1.82, 2.24) is 4.90 Å². The topological polar surface area (TPSA) is 81.9 Å². The van der Waals surface area contributed by atoms with E-state index in [9.17, 15) is 9.59 Å². The molecule has 0 aliphatic carbocycles. The van der Waals surface area contributed by atoms with E-state index in [1.165, 1.54) is 4.90 Å². The molecule has 19 heavy (non-hydrogen) atoms.